The Morgan fingerprint density at radius 2 is 1.97 bits per heavy atom. The fourth-order valence-corrected chi connectivity index (χ4v) is 3.08. The van der Waals surface area contributed by atoms with Gasteiger partial charge in [-0.25, -0.2) is 0 Å². The zero-order chi connectivity index (χ0) is 20.7. The first-order valence-electron chi connectivity index (χ1n) is 9.35. The number of morpholine rings is 1. The molecule has 1 aliphatic rings. The minimum absolute atomic E-state index is 0.00192. The van der Waals surface area contributed by atoms with E-state index in [0.717, 1.165) is 25.2 Å². The normalized spacial score (nSPS) is 17.7. The van der Waals surface area contributed by atoms with Gasteiger partial charge in [0.05, 0.1) is 18.3 Å². The van der Waals surface area contributed by atoms with Crippen molar-refractivity contribution in [2.24, 2.45) is 0 Å². The van der Waals surface area contributed by atoms with Crippen molar-refractivity contribution in [1.82, 2.24) is 10.2 Å². The van der Waals surface area contributed by atoms with Gasteiger partial charge in [0.15, 0.2) is 6.61 Å². The molecule has 0 bridgehead atoms. The van der Waals surface area contributed by atoms with Gasteiger partial charge in [-0.15, -0.1) is 0 Å². The first-order valence-corrected chi connectivity index (χ1v) is 9.35. The van der Waals surface area contributed by atoms with Crippen molar-refractivity contribution in [2.45, 2.75) is 18.8 Å². The summed E-state index contributed by atoms with van der Waals surface area (Å²) in [5, 5.41) is 2.71. The maximum Gasteiger partial charge on any atom is 0.416 e. The number of hydrogen-bond donors (Lipinski definition) is 1. The predicted octanol–water partition coefficient (Wildman–Crippen LogP) is 3.10. The molecule has 0 spiro atoms. The standard InChI is InChI=1S/C21H23F3N2O3/c22-21(23,24)17-7-4-8-18(11-17)29-15-20(27)25-12-19-14-26(9-10-28-19)13-16-5-2-1-3-6-16/h1-8,11,19H,9-10,12-15H2,(H,25,27). The molecule has 1 saturated heterocycles. The van der Waals surface area contributed by atoms with E-state index in [4.69, 9.17) is 9.47 Å². The fraction of sp³-hybridized carbons (Fsp3) is 0.381. The minimum Gasteiger partial charge on any atom is -0.484 e. The molecule has 1 aliphatic heterocycles. The van der Waals surface area contributed by atoms with E-state index in [1.165, 1.54) is 17.7 Å². The molecule has 5 nitrogen and oxygen atoms in total. The largest absolute Gasteiger partial charge is 0.484 e. The average Bonchev–Trinajstić information content (AvgIpc) is 2.71. The Morgan fingerprint density at radius 1 is 1.17 bits per heavy atom. The lowest BCUT2D eigenvalue weighted by molar-refractivity contribution is -0.137. The van der Waals surface area contributed by atoms with Crippen LogP contribution in [0.15, 0.2) is 54.6 Å². The van der Waals surface area contributed by atoms with Gasteiger partial charge in [0.1, 0.15) is 5.75 Å². The number of carbonyl (C=O) groups is 1. The van der Waals surface area contributed by atoms with Crippen LogP contribution in [0.1, 0.15) is 11.1 Å². The molecule has 0 saturated carbocycles. The molecule has 1 unspecified atom stereocenters. The zero-order valence-electron chi connectivity index (χ0n) is 15.8. The van der Waals surface area contributed by atoms with Crippen LogP contribution in [0.5, 0.6) is 5.75 Å². The first-order chi connectivity index (χ1) is 13.9. The summed E-state index contributed by atoms with van der Waals surface area (Å²) < 4.78 is 49.0. The minimum atomic E-state index is -4.45. The lowest BCUT2D eigenvalue weighted by atomic mass is 10.2. The molecule has 0 aliphatic carbocycles. The lowest BCUT2D eigenvalue weighted by Crippen LogP contribution is -2.47. The van der Waals surface area contributed by atoms with Gasteiger partial charge < -0.3 is 14.8 Å². The Kier molecular flexibility index (Phi) is 7.11. The van der Waals surface area contributed by atoms with Crippen molar-refractivity contribution >= 4 is 5.91 Å². The topological polar surface area (TPSA) is 50.8 Å². The van der Waals surface area contributed by atoms with Crippen molar-refractivity contribution in [3.8, 4) is 5.75 Å². The van der Waals surface area contributed by atoms with E-state index in [9.17, 15) is 18.0 Å². The number of rotatable bonds is 7. The van der Waals surface area contributed by atoms with Gasteiger partial charge in [0, 0.05) is 26.2 Å². The average molecular weight is 408 g/mol. The van der Waals surface area contributed by atoms with Gasteiger partial charge in [0.2, 0.25) is 0 Å². The molecule has 1 heterocycles. The molecule has 1 fully saturated rings. The summed E-state index contributed by atoms with van der Waals surface area (Å²) in [6.45, 7) is 2.85. The molecule has 2 aromatic carbocycles. The van der Waals surface area contributed by atoms with Crippen LogP contribution in [-0.4, -0.2) is 49.8 Å². The Morgan fingerprint density at radius 3 is 2.72 bits per heavy atom. The maximum absolute atomic E-state index is 12.7. The van der Waals surface area contributed by atoms with Gasteiger partial charge in [-0.1, -0.05) is 36.4 Å². The molecule has 29 heavy (non-hydrogen) atoms. The number of nitrogens with one attached hydrogen (secondary N) is 1. The van der Waals surface area contributed by atoms with Crippen LogP contribution in [0.3, 0.4) is 0 Å². The smallest absolute Gasteiger partial charge is 0.416 e. The van der Waals surface area contributed by atoms with E-state index in [1.54, 1.807) is 0 Å². The monoisotopic (exact) mass is 408 g/mol. The Bertz CT molecular complexity index is 799. The molecule has 3 rings (SSSR count). The number of amides is 1. The number of hydrogen-bond acceptors (Lipinski definition) is 4. The van der Waals surface area contributed by atoms with E-state index in [-0.39, 0.29) is 18.5 Å². The predicted molar refractivity (Wildman–Crippen MR) is 101 cm³/mol. The van der Waals surface area contributed by atoms with Gasteiger partial charge in [0.25, 0.3) is 5.91 Å². The highest BCUT2D eigenvalue weighted by Gasteiger charge is 2.30. The van der Waals surface area contributed by atoms with E-state index in [0.29, 0.717) is 19.7 Å². The van der Waals surface area contributed by atoms with E-state index < -0.39 is 17.6 Å². The Balaban J connectivity index is 1.41. The molecule has 0 radical (unpaired) electrons. The van der Waals surface area contributed by atoms with Crippen molar-refractivity contribution in [3.05, 3.63) is 65.7 Å². The van der Waals surface area contributed by atoms with Crippen LogP contribution < -0.4 is 10.1 Å². The molecule has 2 aromatic rings. The van der Waals surface area contributed by atoms with Crippen molar-refractivity contribution in [1.29, 1.82) is 0 Å². The highest BCUT2D eigenvalue weighted by atomic mass is 19.4. The van der Waals surface area contributed by atoms with Crippen molar-refractivity contribution < 1.29 is 27.4 Å². The van der Waals surface area contributed by atoms with Crippen molar-refractivity contribution in [3.63, 3.8) is 0 Å². The Labute approximate surface area is 167 Å². The number of halogens is 3. The molecule has 0 aromatic heterocycles. The summed E-state index contributed by atoms with van der Waals surface area (Å²) in [5.41, 5.74) is 0.399. The second kappa shape index (κ2) is 9.76. The van der Waals surface area contributed by atoms with Crippen LogP contribution in [0, 0.1) is 0 Å². The van der Waals surface area contributed by atoms with Crippen molar-refractivity contribution in [2.75, 3.05) is 32.8 Å². The highest BCUT2D eigenvalue weighted by Crippen LogP contribution is 2.31. The van der Waals surface area contributed by atoms with Crippen LogP contribution in [-0.2, 0) is 22.3 Å². The summed E-state index contributed by atoms with van der Waals surface area (Å²) in [6.07, 6.45) is -4.60. The SMILES string of the molecule is O=C(COc1cccc(C(F)(F)F)c1)NCC1CN(Cc2ccccc2)CCO1. The van der Waals surface area contributed by atoms with Crippen LogP contribution in [0.25, 0.3) is 0 Å². The van der Waals surface area contributed by atoms with E-state index in [2.05, 4.69) is 22.3 Å². The van der Waals surface area contributed by atoms with Gasteiger partial charge in [-0.05, 0) is 23.8 Å². The van der Waals surface area contributed by atoms with E-state index >= 15 is 0 Å². The summed E-state index contributed by atoms with van der Waals surface area (Å²) in [5.74, 6) is -0.413. The third-order valence-corrected chi connectivity index (χ3v) is 4.53. The molecule has 1 amide bonds. The van der Waals surface area contributed by atoms with Crippen LogP contribution in [0.2, 0.25) is 0 Å². The second-order valence-corrected chi connectivity index (χ2v) is 6.83. The highest BCUT2D eigenvalue weighted by molar-refractivity contribution is 5.77. The second-order valence-electron chi connectivity index (χ2n) is 6.83. The van der Waals surface area contributed by atoms with Crippen LogP contribution in [0.4, 0.5) is 13.2 Å². The summed E-state index contributed by atoms with van der Waals surface area (Å²) in [6, 6.07) is 14.6. The molecular formula is C21H23F3N2O3. The fourth-order valence-electron chi connectivity index (χ4n) is 3.08. The number of benzene rings is 2. The zero-order valence-corrected chi connectivity index (χ0v) is 15.8. The molecule has 1 N–H and O–H groups in total. The number of carbonyl (C=O) groups excluding carboxylic acids is 1. The third-order valence-electron chi connectivity index (χ3n) is 4.53. The quantitative estimate of drug-likeness (QED) is 0.765. The van der Waals surface area contributed by atoms with E-state index in [1.807, 2.05) is 18.2 Å². The molecular weight excluding hydrogens is 385 g/mol. The Hall–Kier alpha value is -2.58. The van der Waals surface area contributed by atoms with Gasteiger partial charge in [-0.3, -0.25) is 9.69 Å². The number of nitrogens with zero attached hydrogens (tertiary/aromatic N) is 1. The first kappa shape index (κ1) is 21.1. The molecule has 1 atom stereocenters. The third kappa shape index (κ3) is 6.76. The summed E-state index contributed by atoms with van der Waals surface area (Å²) in [4.78, 5) is 14.2. The van der Waals surface area contributed by atoms with Crippen LogP contribution >= 0.6 is 0 Å². The number of ether oxygens (including phenoxy) is 2. The summed E-state index contributed by atoms with van der Waals surface area (Å²) >= 11 is 0. The lowest BCUT2D eigenvalue weighted by Gasteiger charge is -2.33. The summed E-state index contributed by atoms with van der Waals surface area (Å²) in [7, 11) is 0. The van der Waals surface area contributed by atoms with Gasteiger partial charge >= 0.3 is 6.18 Å². The maximum atomic E-state index is 12.7. The molecule has 156 valence electrons. The number of alkyl halides is 3. The molecule has 8 heteroatoms. The van der Waals surface area contributed by atoms with Gasteiger partial charge in [-0.2, -0.15) is 13.2 Å².